The average Bonchev–Trinajstić information content (AvgIpc) is 3.65. The van der Waals surface area contributed by atoms with Gasteiger partial charge in [-0.25, -0.2) is 14.0 Å². The Morgan fingerprint density at radius 2 is 1.69 bits per heavy atom. The van der Waals surface area contributed by atoms with Crippen molar-refractivity contribution in [2.24, 2.45) is 30.7 Å². The van der Waals surface area contributed by atoms with E-state index in [-0.39, 0.29) is 36.2 Å². The second kappa shape index (κ2) is 15.3. The van der Waals surface area contributed by atoms with E-state index in [1.807, 2.05) is 30.1 Å². The first kappa shape index (κ1) is 35.7. The summed E-state index contributed by atoms with van der Waals surface area (Å²) in [4.78, 5) is 54.9. The third-order valence-corrected chi connectivity index (χ3v) is 10.6. The number of esters is 1. The number of carbonyl (C=O) groups is 4. The summed E-state index contributed by atoms with van der Waals surface area (Å²) in [6.45, 7) is 7.21. The van der Waals surface area contributed by atoms with Crippen molar-refractivity contribution in [1.29, 1.82) is 0 Å². The van der Waals surface area contributed by atoms with Crippen LogP contribution in [-0.2, 0) is 26.1 Å². The number of amides is 3. The van der Waals surface area contributed by atoms with Crippen molar-refractivity contribution < 1.29 is 33.0 Å². The molecule has 2 heterocycles. The van der Waals surface area contributed by atoms with E-state index in [4.69, 9.17) is 9.47 Å². The van der Waals surface area contributed by atoms with Gasteiger partial charge in [-0.15, -0.1) is 0 Å². The number of alkyl carbamates (subject to hydrolysis) is 1. The number of anilines is 1. The molecule has 2 N–H and O–H groups in total. The van der Waals surface area contributed by atoms with E-state index in [1.54, 1.807) is 38.3 Å². The molecule has 11 heteroatoms. The van der Waals surface area contributed by atoms with Gasteiger partial charge in [0, 0.05) is 36.1 Å². The van der Waals surface area contributed by atoms with E-state index in [2.05, 4.69) is 10.6 Å². The summed E-state index contributed by atoms with van der Waals surface area (Å²) in [6.07, 6.45) is 8.21. The van der Waals surface area contributed by atoms with E-state index < -0.39 is 36.4 Å². The number of fused-ring (bicyclic) bond motifs is 1. The van der Waals surface area contributed by atoms with Gasteiger partial charge < -0.3 is 29.6 Å². The summed E-state index contributed by atoms with van der Waals surface area (Å²) in [5.41, 5.74) is 1.23. The average molecular weight is 669 g/mol. The molecule has 0 unspecified atom stereocenters. The highest BCUT2D eigenvalue weighted by atomic mass is 19.1. The molecule has 3 atom stereocenters. The van der Waals surface area contributed by atoms with Gasteiger partial charge in [-0.3, -0.25) is 9.59 Å². The van der Waals surface area contributed by atoms with Crippen LogP contribution in [0.15, 0.2) is 24.3 Å². The Hall–Kier alpha value is -3.63. The minimum Gasteiger partial charge on any atom is -0.461 e. The highest BCUT2D eigenvalue weighted by Crippen LogP contribution is 2.41. The van der Waals surface area contributed by atoms with Gasteiger partial charge in [-0.2, -0.15) is 0 Å². The molecule has 1 aromatic heterocycles. The molecule has 264 valence electrons. The van der Waals surface area contributed by atoms with Crippen LogP contribution >= 0.6 is 0 Å². The fourth-order valence-electron chi connectivity index (χ4n) is 8.24. The number of nitrogens with one attached hydrogen (secondary N) is 2. The van der Waals surface area contributed by atoms with Crippen LogP contribution in [0.1, 0.15) is 102 Å². The van der Waals surface area contributed by atoms with Crippen molar-refractivity contribution in [3.05, 3.63) is 30.0 Å². The smallest absolute Gasteiger partial charge is 0.407 e. The monoisotopic (exact) mass is 668 g/mol. The third kappa shape index (κ3) is 8.14. The number of halogens is 1. The predicted octanol–water partition coefficient (Wildman–Crippen LogP) is 6.76. The number of benzene rings is 1. The number of aromatic nitrogens is 1. The molecule has 3 aliphatic rings. The number of hydrogen-bond donors (Lipinski definition) is 2. The number of rotatable bonds is 9. The van der Waals surface area contributed by atoms with Gasteiger partial charge in [-0.05, 0) is 102 Å². The van der Waals surface area contributed by atoms with Crippen molar-refractivity contribution in [3.63, 3.8) is 0 Å². The number of ether oxygens (including phenoxy) is 2. The Bertz CT molecular complexity index is 1470. The summed E-state index contributed by atoms with van der Waals surface area (Å²) in [7, 11) is 1.81. The van der Waals surface area contributed by atoms with Gasteiger partial charge in [0.2, 0.25) is 11.8 Å². The lowest BCUT2D eigenvalue weighted by atomic mass is 9.76. The molecule has 1 aliphatic heterocycles. The number of hydrogen-bond acceptors (Lipinski definition) is 6. The van der Waals surface area contributed by atoms with Gasteiger partial charge in [0.1, 0.15) is 24.0 Å². The quantitative estimate of drug-likeness (QED) is 0.285. The van der Waals surface area contributed by atoms with Gasteiger partial charge in [0.25, 0.3) is 0 Å². The normalized spacial score (nSPS) is 24.2. The van der Waals surface area contributed by atoms with Crippen LogP contribution in [0.2, 0.25) is 0 Å². The van der Waals surface area contributed by atoms with Crippen LogP contribution in [0.25, 0.3) is 10.9 Å². The maximum atomic E-state index is 14.2. The summed E-state index contributed by atoms with van der Waals surface area (Å²) in [5, 5.41) is 6.64. The van der Waals surface area contributed by atoms with Crippen molar-refractivity contribution in [2.75, 3.05) is 25.1 Å². The summed E-state index contributed by atoms with van der Waals surface area (Å²) < 4.78 is 26.4. The van der Waals surface area contributed by atoms with Crippen molar-refractivity contribution in [1.82, 2.24) is 14.8 Å². The first-order valence-corrected chi connectivity index (χ1v) is 17.8. The van der Waals surface area contributed by atoms with Gasteiger partial charge in [0.15, 0.2) is 0 Å². The van der Waals surface area contributed by atoms with E-state index in [0.717, 1.165) is 43.0 Å². The molecule has 1 saturated heterocycles. The first-order valence-electron chi connectivity index (χ1n) is 17.8. The minimum absolute atomic E-state index is 0.00130. The predicted molar refractivity (Wildman–Crippen MR) is 182 cm³/mol. The largest absolute Gasteiger partial charge is 0.461 e. The molecular formula is C37H53FN4O6. The topological polar surface area (TPSA) is 119 Å². The van der Waals surface area contributed by atoms with E-state index in [9.17, 15) is 23.6 Å². The zero-order valence-corrected chi connectivity index (χ0v) is 29.2. The second-order valence-corrected chi connectivity index (χ2v) is 14.9. The number of carbonyl (C=O) groups excluding carboxylic acids is 4. The zero-order chi connectivity index (χ0) is 34.6. The van der Waals surface area contributed by atoms with E-state index in [0.29, 0.717) is 49.5 Å². The van der Waals surface area contributed by atoms with Crippen LogP contribution in [0.4, 0.5) is 14.9 Å². The summed E-state index contributed by atoms with van der Waals surface area (Å²) >= 11 is 0. The van der Waals surface area contributed by atoms with Crippen LogP contribution in [0, 0.1) is 23.7 Å². The third-order valence-electron chi connectivity index (χ3n) is 10.6. The Balaban J connectivity index is 1.29. The molecule has 2 aliphatic carbocycles. The van der Waals surface area contributed by atoms with E-state index >= 15 is 0 Å². The molecule has 3 fully saturated rings. The number of aryl methyl sites for hydroxylation is 1. The maximum absolute atomic E-state index is 14.2. The van der Waals surface area contributed by atoms with Crippen molar-refractivity contribution >= 4 is 40.5 Å². The highest BCUT2D eigenvalue weighted by Gasteiger charge is 2.47. The molecule has 0 radical (unpaired) electrons. The number of nitrogens with zero attached hydrogens (tertiary/aromatic N) is 2. The van der Waals surface area contributed by atoms with Gasteiger partial charge in [0.05, 0.1) is 12.6 Å². The Morgan fingerprint density at radius 1 is 0.979 bits per heavy atom. The molecule has 0 bridgehead atoms. The Labute approximate surface area is 283 Å². The lowest BCUT2D eigenvalue weighted by Gasteiger charge is -2.37. The standard InChI is InChI=1S/C37H53FN4O6/c1-6-47-35(45)31-21-26-20-27(16-17-30(26)41(31)5)39-33(43)32-28(23-10-8-7-9-11-23)18-19-42(32)34(44)25-14-12-24(13-15-25)29(22-38)40-36(46)48-37(2,3)4/h16-17,20-21,23-25,28-29,32H,6-15,18-19,22H2,1-5H3,(H,39,43)(H,40,46)/t24-,25-,28-,29+,32-/m0/s1. The summed E-state index contributed by atoms with van der Waals surface area (Å²) in [6, 6.07) is 6.12. The van der Waals surface area contributed by atoms with Crippen LogP contribution in [-0.4, -0.2) is 70.9 Å². The van der Waals surface area contributed by atoms with Crippen LogP contribution in [0.3, 0.4) is 0 Å². The molecule has 10 nitrogen and oxygen atoms in total. The minimum atomic E-state index is -0.696. The zero-order valence-electron chi connectivity index (χ0n) is 29.2. The maximum Gasteiger partial charge on any atom is 0.407 e. The highest BCUT2D eigenvalue weighted by molar-refractivity contribution is 6.01. The SMILES string of the molecule is CCOC(=O)c1cc2cc(NC(=O)[C@@H]3[C@H](C4CCCCC4)CCN3C(=O)[C@H]3CC[C@H]([C@@H](CF)NC(=O)OC(C)(C)C)CC3)ccc2n1C. The molecule has 1 aromatic carbocycles. The van der Waals surface area contributed by atoms with E-state index in [1.165, 1.54) is 6.42 Å². The van der Waals surface area contributed by atoms with Crippen molar-refractivity contribution in [3.8, 4) is 0 Å². The Kier molecular flexibility index (Phi) is 11.4. The lowest BCUT2D eigenvalue weighted by molar-refractivity contribution is -0.142. The summed E-state index contributed by atoms with van der Waals surface area (Å²) in [5.74, 6) is -0.412. The number of likely N-dealkylation sites (tertiary alicyclic amines) is 1. The molecule has 2 aromatic rings. The van der Waals surface area contributed by atoms with Gasteiger partial charge >= 0.3 is 12.1 Å². The molecule has 0 spiro atoms. The fraction of sp³-hybridized carbons (Fsp3) is 0.676. The number of alkyl halides is 1. The molecule has 3 amide bonds. The lowest BCUT2D eigenvalue weighted by Crippen LogP contribution is -2.50. The van der Waals surface area contributed by atoms with Crippen molar-refractivity contribution in [2.45, 2.75) is 110 Å². The molecule has 2 saturated carbocycles. The Morgan fingerprint density at radius 3 is 2.33 bits per heavy atom. The second-order valence-electron chi connectivity index (χ2n) is 14.9. The van der Waals surface area contributed by atoms with Gasteiger partial charge in [-0.1, -0.05) is 32.1 Å². The fourth-order valence-corrected chi connectivity index (χ4v) is 8.24. The van der Waals surface area contributed by atoms with Crippen LogP contribution < -0.4 is 10.6 Å². The molecule has 5 rings (SSSR count). The van der Waals surface area contributed by atoms with Crippen LogP contribution in [0.5, 0.6) is 0 Å². The molecular weight excluding hydrogens is 615 g/mol. The molecule has 48 heavy (non-hydrogen) atoms. The first-order chi connectivity index (χ1) is 22.9.